The van der Waals surface area contributed by atoms with Gasteiger partial charge in [0.25, 0.3) is 0 Å². The number of carbonyl (C=O) groups is 1. The largest absolute Gasteiger partial charge is 0.354 e. The van der Waals surface area contributed by atoms with Crippen LogP contribution in [0.3, 0.4) is 0 Å². The van der Waals surface area contributed by atoms with E-state index in [0.717, 1.165) is 43.0 Å². The van der Waals surface area contributed by atoms with Gasteiger partial charge in [0.1, 0.15) is 12.1 Å². The summed E-state index contributed by atoms with van der Waals surface area (Å²) in [5, 5.41) is 2.99. The van der Waals surface area contributed by atoms with Gasteiger partial charge in [-0.1, -0.05) is 0 Å². The number of hydrogen-bond acceptors (Lipinski definition) is 4. The van der Waals surface area contributed by atoms with E-state index in [4.69, 9.17) is 0 Å². The Morgan fingerprint density at radius 3 is 2.94 bits per heavy atom. The van der Waals surface area contributed by atoms with Gasteiger partial charge >= 0.3 is 0 Å². The summed E-state index contributed by atoms with van der Waals surface area (Å²) in [5.74, 6) is 1.04. The van der Waals surface area contributed by atoms with Crippen LogP contribution in [0.1, 0.15) is 31.0 Å². The normalized spacial score (nSPS) is 19.7. The highest BCUT2D eigenvalue weighted by atomic mass is 16.1. The number of amides is 1. The molecule has 1 N–H and O–H groups in total. The van der Waals surface area contributed by atoms with Crippen molar-refractivity contribution in [1.82, 2.24) is 15.3 Å². The van der Waals surface area contributed by atoms with Gasteiger partial charge in [-0.25, -0.2) is 9.97 Å². The fourth-order valence-corrected chi connectivity index (χ4v) is 2.42. The summed E-state index contributed by atoms with van der Waals surface area (Å²) in [5.41, 5.74) is 2.14. The Hall–Kier alpha value is -1.65. The zero-order valence-corrected chi connectivity index (χ0v) is 11.2. The molecule has 1 aromatic heterocycles. The molecule has 2 rings (SSSR count). The van der Waals surface area contributed by atoms with Crippen molar-refractivity contribution in [3.05, 3.63) is 17.6 Å². The lowest BCUT2D eigenvalue weighted by Gasteiger charge is -2.34. The third-order valence-electron chi connectivity index (χ3n) is 3.44. The van der Waals surface area contributed by atoms with Crippen molar-refractivity contribution >= 4 is 11.7 Å². The van der Waals surface area contributed by atoms with Crippen molar-refractivity contribution in [2.45, 2.75) is 39.7 Å². The molecule has 0 aliphatic carbocycles. The quantitative estimate of drug-likeness (QED) is 0.854. The van der Waals surface area contributed by atoms with E-state index in [0.29, 0.717) is 0 Å². The number of piperidine rings is 1. The number of nitrogens with one attached hydrogen (secondary N) is 1. The summed E-state index contributed by atoms with van der Waals surface area (Å²) in [6, 6.07) is 0.228. The van der Waals surface area contributed by atoms with E-state index < -0.39 is 0 Å². The standard InChI is InChI=1S/C13H20N4O/c1-9-10(2)14-8-15-13(9)17-6-4-5-12(7-17)16-11(3)18/h8,12H,4-7H2,1-3H3,(H,16,18). The molecular formula is C13H20N4O. The van der Waals surface area contributed by atoms with Crippen LogP contribution in [0.4, 0.5) is 5.82 Å². The number of rotatable bonds is 2. The third kappa shape index (κ3) is 2.78. The molecule has 1 aliphatic rings. The predicted octanol–water partition coefficient (Wildman–Crippen LogP) is 1.20. The average Bonchev–Trinajstić information content (AvgIpc) is 2.32. The molecule has 0 spiro atoms. The minimum absolute atomic E-state index is 0.0393. The van der Waals surface area contributed by atoms with E-state index in [-0.39, 0.29) is 11.9 Å². The average molecular weight is 248 g/mol. The molecule has 5 heteroatoms. The molecule has 2 heterocycles. The summed E-state index contributed by atoms with van der Waals surface area (Å²) in [6.45, 7) is 7.44. The monoisotopic (exact) mass is 248 g/mol. The zero-order valence-electron chi connectivity index (χ0n) is 11.2. The number of aryl methyl sites for hydroxylation is 1. The van der Waals surface area contributed by atoms with Gasteiger partial charge in [-0.05, 0) is 26.7 Å². The smallest absolute Gasteiger partial charge is 0.217 e. The lowest BCUT2D eigenvalue weighted by atomic mass is 10.0. The van der Waals surface area contributed by atoms with Gasteiger partial charge in [0, 0.05) is 37.3 Å². The van der Waals surface area contributed by atoms with Gasteiger partial charge in [-0.15, -0.1) is 0 Å². The van der Waals surface area contributed by atoms with Crippen LogP contribution in [0.5, 0.6) is 0 Å². The van der Waals surface area contributed by atoms with E-state index >= 15 is 0 Å². The maximum Gasteiger partial charge on any atom is 0.217 e. The van der Waals surface area contributed by atoms with Gasteiger partial charge in [0.15, 0.2) is 0 Å². The Bertz CT molecular complexity index is 447. The highest BCUT2D eigenvalue weighted by Gasteiger charge is 2.22. The molecule has 1 fully saturated rings. The molecule has 0 saturated carbocycles. The second kappa shape index (κ2) is 5.33. The van der Waals surface area contributed by atoms with Crippen molar-refractivity contribution in [1.29, 1.82) is 0 Å². The van der Waals surface area contributed by atoms with Crippen molar-refractivity contribution in [2.24, 2.45) is 0 Å². The molecule has 0 bridgehead atoms. The first-order chi connectivity index (χ1) is 8.58. The third-order valence-corrected chi connectivity index (χ3v) is 3.44. The van der Waals surface area contributed by atoms with Crippen LogP contribution in [0.2, 0.25) is 0 Å². The number of aromatic nitrogens is 2. The summed E-state index contributed by atoms with van der Waals surface area (Å²) in [7, 11) is 0. The van der Waals surface area contributed by atoms with Gasteiger partial charge in [-0.2, -0.15) is 0 Å². The first-order valence-corrected chi connectivity index (χ1v) is 6.38. The molecule has 1 amide bonds. The van der Waals surface area contributed by atoms with E-state index in [1.807, 2.05) is 13.8 Å². The van der Waals surface area contributed by atoms with E-state index in [1.165, 1.54) is 0 Å². The first kappa shape index (κ1) is 12.8. The van der Waals surface area contributed by atoms with Crippen molar-refractivity contribution in [3.63, 3.8) is 0 Å². The van der Waals surface area contributed by atoms with Gasteiger partial charge < -0.3 is 10.2 Å². The Morgan fingerprint density at radius 1 is 1.44 bits per heavy atom. The Balaban J connectivity index is 2.13. The molecular weight excluding hydrogens is 228 g/mol. The maximum absolute atomic E-state index is 11.1. The highest BCUT2D eigenvalue weighted by Crippen LogP contribution is 2.22. The summed E-state index contributed by atoms with van der Waals surface area (Å²) < 4.78 is 0. The SMILES string of the molecule is CC(=O)NC1CCCN(c2ncnc(C)c2C)C1. The topological polar surface area (TPSA) is 58.1 Å². The lowest BCUT2D eigenvalue weighted by molar-refractivity contribution is -0.119. The molecule has 1 atom stereocenters. The van der Waals surface area contributed by atoms with Crippen LogP contribution < -0.4 is 10.2 Å². The van der Waals surface area contributed by atoms with Crippen LogP contribution >= 0.6 is 0 Å². The first-order valence-electron chi connectivity index (χ1n) is 6.38. The van der Waals surface area contributed by atoms with Crippen molar-refractivity contribution in [3.8, 4) is 0 Å². The maximum atomic E-state index is 11.1. The molecule has 1 aromatic rings. The summed E-state index contributed by atoms with van der Waals surface area (Å²) >= 11 is 0. The minimum Gasteiger partial charge on any atom is -0.354 e. The summed E-state index contributed by atoms with van der Waals surface area (Å²) in [4.78, 5) is 21.9. The lowest BCUT2D eigenvalue weighted by Crippen LogP contribution is -2.47. The second-order valence-corrected chi connectivity index (χ2v) is 4.89. The zero-order chi connectivity index (χ0) is 13.1. The molecule has 0 aromatic carbocycles. The Morgan fingerprint density at radius 2 is 2.22 bits per heavy atom. The van der Waals surface area contributed by atoms with Crippen LogP contribution in [0.25, 0.3) is 0 Å². The molecule has 1 aliphatic heterocycles. The van der Waals surface area contributed by atoms with Crippen LogP contribution in [0.15, 0.2) is 6.33 Å². The van der Waals surface area contributed by atoms with Crippen molar-refractivity contribution in [2.75, 3.05) is 18.0 Å². The fraction of sp³-hybridized carbons (Fsp3) is 0.615. The second-order valence-electron chi connectivity index (χ2n) is 4.89. The van der Waals surface area contributed by atoms with Crippen LogP contribution in [-0.4, -0.2) is 35.0 Å². The van der Waals surface area contributed by atoms with Crippen LogP contribution in [0, 0.1) is 13.8 Å². The van der Waals surface area contributed by atoms with Crippen LogP contribution in [-0.2, 0) is 4.79 Å². The highest BCUT2D eigenvalue weighted by molar-refractivity contribution is 5.73. The van der Waals surface area contributed by atoms with E-state index in [1.54, 1.807) is 13.3 Å². The number of carbonyl (C=O) groups excluding carboxylic acids is 1. The predicted molar refractivity (Wildman–Crippen MR) is 70.6 cm³/mol. The molecule has 1 unspecified atom stereocenters. The fourth-order valence-electron chi connectivity index (χ4n) is 2.42. The Labute approximate surface area is 108 Å². The molecule has 18 heavy (non-hydrogen) atoms. The van der Waals surface area contributed by atoms with Gasteiger partial charge in [0.05, 0.1) is 0 Å². The van der Waals surface area contributed by atoms with Gasteiger partial charge in [0.2, 0.25) is 5.91 Å². The molecule has 1 saturated heterocycles. The number of hydrogen-bond donors (Lipinski definition) is 1. The molecule has 5 nitrogen and oxygen atoms in total. The summed E-state index contributed by atoms with van der Waals surface area (Å²) in [6.07, 6.45) is 3.73. The molecule has 0 radical (unpaired) electrons. The molecule has 98 valence electrons. The van der Waals surface area contributed by atoms with E-state index in [2.05, 4.69) is 20.2 Å². The minimum atomic E-state index is 0.0393. The van der Waals surface area contributed by atoms with E-state index in [9.17, 15) is 4.79 Å². The van der Waals surface area contributed by atoms with Gasteiger partial charge in [-0.3, -0.25) is 4.79 Å². The Kier molecular flexibility index (Phi) is 3.79. The number of nitrogens with zero attached hydrogens (tertiary/aromatic N) is 3. The number of anilines is 1. The van der Waals surface area contributed by atoms with Crippen molar-refractivity contribution < 1.29 is 4.79 Å².